The molecule has 0 aromatic carbocycles. The van der Waals surface area contributed by atoms with Crippen LogP contribution in [0.3, 0.4) is 0 Å². The highest BCUT2D eigenvalue weighted by Gasteiger charge is 2.48. The zero-order chi connectivity index (χ0) is 15.9. The minimum absolute atomic E-state index is 0.112. The van der Waals surface area contributed by atoms with Gasteiger partial charge in [0.2, 0.25) is 0 Å². The van der Waals surface area contributed by atoms with E-state index < -0.39 is 8.80 Å². The van der Waals surface area contributed by atoms with Gasteiger partial charge < -0.3 is 13.3 Å². The maximum Gasteiger partial charge on any atom is 0.533 e. The van der Waals surface area contributed by atoms with E-state index in [4.69, 9.17) is 13.3 Å². The fraction of sp³-hybridized carbons (Fsp3) is 0.882. The Balaban J connectivity index is 3.09. The van der Waals surface area contributed by atoms with Crippen LogP contribution in [-0.2, 0) is 13.3 Å². The van der Waals surface area contributed by atoms with Crippen molar-refractivity contribution in [2.45, 2.75) is 98.4 Å². The maximum atomic E-state index is 6.32. The molecule has 4 heteroatoms. The lowest BCUT2D eigenvalue weighted by Crippen LogP contribution is -2.52. The lowest BCUT2D eigenvalue weighted by molar-refractivity contribution is 0.0101. The number of allylic oxidation sites excluding steroid dienone is 2. The predicted octanol–water partition coefficient (Wildman–Crippen LogP) is 5.02. The smallest absolute Gasteiger partial charge is 0.368 e. The van der Waals surface area contributed by atoms with Crippen LogP contribution in [-0.4, -0.2) is 27.1 Å². The Hall–Kier alpha value is -0.163. The summed E-state index contributed by atoms with van der Waals surface area (Å²) in [5.41, 5.74) is 0. The molecular weight excluding hydrogens is 280 g/mol. The summed E-state index contributed by atoms with van der Waals surface area (Å²) in [6.07, 6.45) is 9.96. The molecule has 0 saturated carbocycles. The van der Waals surface area contributed by atoms with E-state index in [2.05, 4.69) is 47.6 Å². The highest BCUT2D eigenvalue weighted by molar-refractivity contribution is 6.69. The number of rotatable bonds is 7. The van der Waals surface area contributed by atoms with Crippen LogP contribution in [0.2, 0.25) is 0 Å². The molecule has 21 heavy (non-hydrogen) atoms. The third-order valence-corrected chi connectivity index (χ3v) is 6.94. The van der Waals surface area contributed by atoms with E-state index in [9.17, 15) is 0 Å². The standard InChI is InChI=1S/C17H34O3Si/c1-14(2)18-21(19-15(3)4,20-16(5)6)17-12-10-8-7-9-11-13-17/h12,14-16H,7-11,13H2,1-6H3. The first-order valence-electron chi connectivity index (χ1n) is 8.58. The highest BCUT2D eigenvalue weighted by atomic mass is 28.4. The molecule has 0 bridgehead atoms. The van der Waals surface area contributed by atoms with Crippen LogP contribution in [0.25, 0.3) is 0 Å². The third-order valence-electron chi connectivity index (χ3n) is 3.36. The monoisotopic (exact) mass is 314 g/mol. The van der Waals surface area contributed by atoms with Gasteiger partial charge in [-0.05, 0) is 72.4 Å². The number of hydrogen-bond donors (Lipinski definition) is 0. The van der Waals surface area contributed by atoms with Crippen LogP contribution >= 0.6 is 0 Å². The normalized spacial score (nSPS) is 18.0. The molecule has 0 saturated heterocycles. The van der Waals surface area contributed by atoms with Gasteiger partial charge in [-0.2, -0.15) is 0 Å². The van der Waals surface area contributed by atoms with Crippen LogP contribution in [0.15, 0.2) is 11.3 Å². The average molecular weight is 315 g/mol. The van der Waals surface area contributed by atoms with Crippen molar-refractivity contribution in [2.24, 2.45) is 0 Å². The Morgan fingerprint density at radius 1 is 0.762 bits per heavy atom. The fourth-order valence-electron chi connectivity index (χ4n) is 2.71. The van der Waals surface area contributed by atoms with E-state index in [1.165, 1.54) is 30.9 Å². The summed E-state index contributed by atoms with van der Waals surface area (Å²) in [6, 6.07) is 0. The molecule has 0 unspecified atom stereocenters. The Morgan fingerprint density at radius 3 is 1.71 bits per heavy atom. The molecule has 0 amide bonds. The van der Waals surface area contributed by atoms with Crippen LogP contribution < -0.4 is 0 Å². The number of hydrogen-bond acceptors (Lipinski definition) is 3. The molecule has 3 nitrogen and oxygen atoms in total. The van der Waals surface area contributed by atoms with Crippen molar-refractivity contribution in [3.8, 4) is 0 Å². The van der Waals surface area contributed by atoms with Gasteiger partial charge in [0.15, 0.2) is 0 Å². The van der Waals surface area contributed by atoms with E-state index in [1.54, 1.807) is 0 Å². The van der Waals surface area contributed by atoms with E-state index in [0.717, 1.165) is 12.8 Å². The quantitative estimate of drug-likeness (QED) is 0.617. The topological polar surface area (TPSA) is 27.7 Å². The van der Waals surface area contributed by atoms with Gasteiger partial charge in [0, 0.05) is 18.3 Å². The molecule has 0 spiro atoms. The molecule has 0 heterocycles. The second-order valence-corrected chi connectivity index (χ2v) is 9.20. The Bertz CT molecular complexity index is 297. The largest absolute Gasteiger partial charge is 0.533 e. The van der Waals surface area contributed by atoms with Crippen molar-refractivity contribution in [2.75, 3.05) is 0 Å². The highest BCUT2D eigenvalue weighted by Crippen LogP contribution is 2.31. The van der Waals surface area contributed by atoms with Crippen LogP contribution in [0.4, 0.5) is 0 Å². The first-order valence-corrected chi connectivity index (χ1v) is 10.3. The molecule has 0 aromatic heterocycles. The van der Waals surface area contributed by atoms with Gasteiger partial charge in [0.1, 0.15) is 0 Å². The maximum absolute atomic E-state index is 6.32. The molecule has 0 radical (unpaired) electrons. The van der Waals surface area contributed by atoms with Gasteiger partial charge in [-0.15, -0.1) is 0 Å². The fourth-order valence-corrected chi connectivity index (χ4v) is 6.07. The molecule has 1 aliphatic rings. The molecule has 1 aliphatic carbocycles. The Morgan fingerprint density at radius 2 is 1.24 bits per heavy atom. The van der Waals surface area contributed by atoms with Crippen LogP contribution in [0.1, 0.15) is 80.1 Å². The summed E-state index contributed by atoms with van der Waals surface area (Å²) >= 11 is 0. The molecule has 124 valence electrons. The summed E-state index contributed by atoms with van der Waals surface area (Å²) in [4.78, 5) is 0. The van der Waals surface area contributed by atoms with Gasteiger partial charge in [-0.3, -0.25) is 0 Å². The van der Waals surface area contributed by atoms with E-state index >= 15 is 0 Å². The van der Waals surface area contributed by atoms with Gasteiger partial charge in [0.25, 0.3) is 0 Å². The van der Waals surface area contributed by atoms with Crippen molar-refractivity contribution in [1.82, 2.24) is 0 Å². The first kappa shape index (κ1) is 18.9. The van der Waals surface area contributed by atoms with Crippen LogP contribution in [0, 0.1) is 0 Å². The van der Waals surface area contributed by atoms with E-state index in [-0.39, 0.29) is 18.3 Å². The van der Waals surface area contributed by atoms with Crippen molar-refractivity contribution >= 4 is 8.80 Å². The first-order chi connectivity index (χ1) is 9.85. The molecule has 0 aromatic rings. The SMILES string of the molecule is CC(C)O[Si](OC(C)C)(OC(C)C)C1=CCCCCCC1. The van der Waals surface area contributed by atoms with Crippen molar-refractivity contribution in [3.63, 3.8) is 0 Å². The van der Waals surface area contributed by atoms with Gasteiger partial charge in [-0.25, -0.2) is 0 Å². The average Bonchev–Trinajstić information content (AvgIpc) is 2.23. The van der Waals surface area contributed by atoms with E-state index in [0.29, 0.717) is 0 Å². The summed E-state index contributed by atoms with van der Waals surface area (Å²) in [7, 11) is -2.78. The second kappa shape index (κ2) is 9.08. The molecular formula is C17H34O3Si. The van der Waals surface area contributed by atoms with Crippen molar-refractivity contribution in [1.29, 1.82) is 0 Å². The van der Waals surface area contributed by atoms with Gasteiger partial charge in [0.05, 0.1) is 0 Å². The summed E-state index contributed by atoms with van der Waals surface area (Å²) in [5.74, 6) is 0. The van der Waals surface area contributed by atoms with Gasteiger partial charge in [-0.1, -0.05) is 18.9 Å². The van der Waals surface area contributed by atoms with Crippen molar-refractivity contribution in [3.05, 3.63) is 11.3 Å². The third kappa shape index (κ3) is 6.64. The van der Waals surface area contributed by atoms with Gasteiger partial charge >= 0.3 is 8.80 Å². The molecule has 0 aliphatic heterocycles. The predicted molar refractivity (Wildman–Crippen MR) is 90.2 cm³/mol. The Kier molecular flexibility index (Phi) is 8.17. The van der Waals surface area contributed by atoms with E-state index in [1.807, 2.05) is 0 Å². The summed E-state index contributed by atoms with van der Waals surface area (Å²) < 4.78 is 19.0. The summed E-state index contributed by atoms with van der Waals surface area (Å²) in [6.45, 7) is 12.4. The lowest BCUT2D eigenvalue weighted by Gasteiger charge is -2.36. The van der Waals surface area contributed by atoms with Crippen LogP contribution in [0.5, 0.6) is 0 Å². The zero-order valence-corrected chi connectivity index (χ0v) is 15.8. The molecule has 0 fully saturated rings. The van der Waals surface area contributed by atoms with Crippen molar-refractivity contribution < 1.29 is 13.3 Å². The minimum atomic E-state index is -2.78. The summed E-state index contributed by atoms with van der Waals surface area (Å²) in [5, 5.41) is 1.30. The molecule has 0 N–H and O–H groups in total. The second-order valence-electron chi connectivity index (χ2n) is 6.74. The minimum Gasteiger partial charge on any atom is -0.368 e. The lowest BCUT2D eigenvalue weighted by atomic mass is 10.1. The Labute approximate surface area is 132 Å². The molecule has 0 atom stereocenters. The zero-order valence-electron chi connectivity index (χ0n) is 14.8. The molecule has 1 rings (SSSR count).